The Morgan fingerprint density at radius 3 is 2.31 bits per heavy atom. The van der Waals surface area contributed by atoms with E-state index in [1.165, 1.54) is 20.3 Å². The predicted octanol–water partition coefficient (Wildman–Crippen LogP) is 3.50. The molecule has 0 unspecified atom stereocenters. The molecule has 9 heteroatoms. The molecule has 0 aliphatic carbocycles. The molecule has 0 radical (unpaired) electrons. The maximum Gasteiger partial charge on any atom is 0.327 e. The third-order valence-electron chi connectivity index (χ3n) is 7.60. The van der Waals surface area contributed by atoms with Gasteiger partial charge in [0.15, 0.2) is 28.8 Å². The van der Waals surface area contributed by atoms with E-state index >= 15 is 0 Å². The molecule has 39 heavy (non-hydrogen) atoms. The van der Waals surface area contributed by atoms with Crippen molar-refractivity contribution in [1.29, 1.82) is 0 Å². The third kappa shape index (κ3) is 4.16. The topological polar surface area (TPSA) is 101 Å². The first kappa shape index (κ1) is 26.7. The Labute approximate surface area is 227 Å². The first-order chi connectivity index (χ1) is 18.6. The Bertz CT molecular complexity index is 1340. The minimum atomic E-state index is -1.88. The van der Waals surface area contributed by atoms with Gasteiger partial charge in [-0.15, -0.1) is 0 Å². The minimum Gasteiger partial charge on any atom is -0.493 e. The van der Waals surface area contributed by atoms with E-state index < -0.39 is 46.9 Å². The fraction of sp³-hybridized carbons (Fsp3) is 0.433. The molecular formula is C30H33NO8. The highest BCUT2D eigenvalue weighted by molar-refractivity contribution is 6.15. The van der Waals surface area contributed by atoms with Gasteiger partial charge in [-0.2, -0.15) is 0 Å². The van der Waals surface area contributed by atoms with Crippen molar-refractivity contribution in [3.05, 3.63) is 65.2 Å². The molecule has 5 rings (SSSR count). The smallest absolute Gasteiger partial charge is 0.327 e. The van der Waals surface area contributed by atoms with Gasteiger partial charge in [0.25, 0.3) is 0 Å². The van der Waals surface area contributed by atoms with E-state index in [0.717, 1.165) is 5.56 Å². The highest BCUT2D eigenvalue weighted by Crippen LogP contribution is 2.59. The molecule has 2 aromatic carbocycles. The fourth-order valence-corrected chi connectivity index (χ4v) is 6.02. The Hall–Kier alpha value is -3.85. The summed E-state index contributed by atoms with van der Waals surface area (Å²) in [5.74, 6) is -0.575. The molecule has 2 aromatic rings. The highest BCUT2D eigenvalue weighted by atomic mass is 16.6. The van der Waals surface area contributed by atoms with Gasteiger partial charge in [0.1, 0.15) is 17.4 Å². The van der Waals surface area contributed by atoms with Crippen LogP contribution in [0.15, 0.2) is 48.5 Å². The maximum atomic E-state index is 14.4. The van der Waals surface area contributed by atoms with E-state index in [1.54, 1.807) is 33.9 Å². The van der Waals surface area contributed by atoms with Crippen molar-refractivity contribution < 1.29 is 38.1 Å². The van der Waals surface area contributed by atoms with Gasteiger partial charge >= 0.3 is 11.9 Å². The van der Waals surface area contributed by atoms with Crippen molar-refractivity contribution >= 4 is 23.5 Å². The molecule has 0 spiro atoms. The molecule has 9 nitrogen and oxygen atoms in total. The summed E-state index contributed by atoms with van der Waals surface area (Å²) in [6.07, 6.45) is 0.698. The van der Waals surface area contributed by atoms with Crippen LogP contribution in [-0.2, 0) is 35.0 Å². The van der Waals surface area contributed by atoms with Gasteiger partial charge < -0.3 is 23.7 Å². The molecule has 0 saturated carbocycles. The lowest BCUT2D eigenvalue weighted by Crippen LogP contribution is -2.56. The summed E-state index contributed by atoms with van der Waals surface area (Å²) in [6.45, 7) is 5.60. The number of fused-ring (bicyclic) bond motifs is 5. The number of benzene rings is 2. The van der Waals surface area contributed by atoms with Crippen molar-refractivity contribution in [2.75, 3.05) is 27.9 Å². The van der Waals surface area contributed by atoms with Crippen LogP contribution in [0.1, 0.15) is 43.5 Å². The van der Waals surface area contributed by atoms with Gasteiger partial charge in [-0.3, -0.25) is 19.3 Å². The van der Waals surface area contributed by atoms with Crippen LogP contribution in [0.3, 0.4) is 0 Å². The lowest BCUT2D eigenvalue weighted by Gasteiger charge is -2.42. The van der Waals surface area contributed by atoms with Gasteiger partial charge in [-0.25, -0.2) is 0 Å². The van der Waals surface area contributed by atoms with E-state index in [0.29, 0.717) is 35.6 Å². The lowest BCUT2D eigenvalue weighted by atomic mass is 9.68. The molecule has 0 N–H and O–H groups in total. The summed E-state index contributed by atoms with van der Waals surface area (Å²) in [5, 5.41) is 0. The van der Waals surface area contributed by atoms with Gasteiger partial charge in [0, 0.05) is 18.2 Å². The number of carbonyl (C=O) groups is 3. The molecular weight excluding hydrogens is 502 g/mol. The largest absolute Gasteiger partial charge is 0.493 e. The highest BCUT2D eigenvalue weighted by Gasteiger charge is 2.74. The summed E-state index contributed by atoms with van der Waals surface area (Å²) in [6, 6.07) is 10.8. The second kappa shape index (κ2) is 9.72. The number of ether oxygens (including phenoxy) is 5. The van der Waals surface area contributed by atoms with Crippen LogP contribution in [0, 0.1) is 5.41 Å². The average molecular weight is 536 g/mol. The normalized spacial score (nSPS) is 25.8. The number of rotatable bonds is 5. The molecule has 3 aliphatic heterocycles. The molecule has 0 aromatic heterocycles. The van der Waals surface area contributed by atoms with E-state index in [2.05, 4.69) is 0 Å². The number of esters is 2. The van der Waals surface area contributed by atoms with Gasteiger partial charge in [-0.1, -0.05) is 30.3 Å². The molecule has 3 heterocycles. The van der Waals surface area contributed by atoms with Gasteiger partial charge in [0.05, 0.1) is 27.4 Å². The summed E-state index contributed by atoms with van der Waals surface area (Å²) in [4.78, 5) is 43.9. The monoisotopic (exact) mass is 535 g/mol. The van der Waals surface area contributed by atoms with E-state index in [-0.39, 0.29) is 5.76 Å². The zero-order chi connectivity index (χ0) is 28.1. The number of methoxy groups -OCH3 is 3. The number of nitrogens with zero attached hydrogens (tertiary/aromatic N) is 1. The molecule has 4 atom stereocenters. The number of ketones is 1. The lowest BCUT2D eigenvalue weighted by molar-refractivity contribution is -0.178. The number of allylic oxidation sites excluding steroid dienone is 1. The summed E-state index contributed by atoms with van der Waals surface area (Å²) >= 11 is 0. The van der Waals surface area contributed by atoms with E-state index in [9.17, 15) is 14.4 Å². The molecule has 206 valence electrons. The van der Waals surface area contributed by atoms with Crippen LogP contribution in [0.5, 0.6) is 11.5 Å². The Kier molecular flexibility index (Phi) is 6.66. The average Bonchev–Trinajstić information content (AvgIpc) is 3.23. The Morgan fingerprint density at radius 1 is 1.03 bits per heavy atom. The number of hydrogen-bond donors (Lipinski definition) is 0. The van der Waals surface area contributed by atoms with Gasteiger partial charge in [0.2, 0.25) is 0 Å². The second-order valence-corrected chi connectivity index (χ2v) is 10.9. The SMILES string of the molecule is COC(=O)[C@@H]1[C@@H]2OC(c3ccccc3)=CC(=O)[C@]2(C(=O)OC(C)(C)C)[C@H]2c3cc(OC)c(OC)cc3CCN12. The first-order valence-corrected chi connectivity index (χ1v) is 12.9. The molecule has 0 bridgehead atoms. The van der Waals surface area contributed by atoms with Crippen LogP contribution >= 0.6 is 0 Å². The minimum absolute atomic E-state index is 0.283. The Morgan fingerprint density at radius 2 is 1.69 bits per heavy atom. The molecule has 1 fully saturated rings. The van der Waals surface area contributed by atoms with Gasteiger partial charge in [-0.05, 0) is 50.5 Å². The maximum absolute atomic E-state index is 14.4. The summed E-state index contributed by atoms with van der Waals surface area (Å²) in [5.41, 5.74) is -0.562. The quantitative estimate of drug-likeness (QED) is 0.421. The zero-order valence-electron chi connectivity index (χ0n) is 23.0. The zero-order valence-corrected chi connectivity index (χ0v) is 23.0. The summed E-state index contributed by atoms with van der Waals surface area (Å²) < 4.78 is 28.7. The molecule has 1 saturated heterocycles. The standard InChI is InChI=1S/C30H33NO8/c1-29(2,3)39-28(34)30-23(32)16-20(17-10-8-7-9-11-17)38-26(30)24(27(33)37-6)31-13-12-18-14-21(35-4)22(36-5)15-19(18)25(30)31/h7-11,14-16,24-26H,12-13H2,1-6H3/t24-,25+,26-,30-/m0/s1. The summed E-state index contributed by atoms with van der Waals surface area (Å²) in [7, 11) is 4.36. The van der Waals surface area contributed by atoms with E-state index in [4.69, 9.17) is 23.7 Å². The second-order valence-electron chi connectivity index (χ2n) is 10.9. The first-order valence-electron chi connectivity index (χ1n) is 12.9. The van der Waals surface area contributed by atoms with Crippen molar-refractivity contribution in [2.45, 2.75) is 51.0 Å². The van der Waals surface area contributed by atoms with Crippen LogP contribution in [0.25, 0.3) is 5.76 Å². The van der Waals surface area contributed by atoms with Crippen molar-refractivity contribution in [1.82, 2.24) is 4.90 Å². The van der Waals surface area contributed by atoms with Crippen LogP contribution in [0.4, 0.5) is 0 Å². The molecule has 3 aliphatic rings. The van der Waals surface area contributed by atoms with E-state index in [1.807, 2.05) is 41.3 Å². The number of hydrogen-bond acceptors (Lipinski definition) is 9. The van der Waals surface area contributed by atoms with Crippen molar-refractivity contribution in [3.63, 3.8) is 0 Å². The van der Waals surface area contributed by atoms with Crippen molar-refractivity contribution in [3.8, 4) is 11.5 Å². The van der Waals surface area contributed by atoms with Crippen LogP contribution in [-0.4, -0.2) is 68.2 Å². The van der Waals surface area contributed by atoms with Crippen LogP contribution < -0.4 is 9.47 Å². The van der Waals surface area contributed by atoms with Crippen LogP contribution in [0.2, 0.25) is 0 Å². The Balaban J connectivity index is 1.78. The third-order valence-corrected chi connectivity index (χ3v) is 7.60. The van der Waals surface area contributed by atoms with Crippen molar-refractivity contribution in [2.24, 2.45) is 5.41 Å². The number of carbonyl (C=O) groups excluding carboxylic acids is 3. The molecule has 0 amide bonds. The fourth-order valence-electron chi connectivity index (χ4n) is 6.02. The predicted molar refractivity (Wildman–Crippen MR) is 141 cm³/mol.